The highest BCUT2D eigenvalue weighted by molar-refractivity contribution is 7.89. The van der Waals surface area contributed by atoms with Crippen LogP contribution in [0.15, 0.2) is 23.1 Å². The monoisotopic (exact) mass is 284 g/mol. The second kappa shape index (κ2) is 5.48. The minimum absolute atomic E-state index is 0.0120. The Kier molecular flexibility index (Phi) is 4.13. The maximum absolute atomic E-state index is 12.7. The molecule has 0 spiro atoms. The summed E-state index contributed by atoms with van der Waals surface area (Å²) in [5, 5.41) is 9.11. The molecule has 0 heterocycles. The summed E-state index contributed by atoms with van der Waals surface area (Å²) in [5.74, 6) is 0. The van der Waals surface area contributed by atoms with Crippen molar-refractivity contribution in [3.8, 4) is 0 Å². The molecule has 0 aliphatic heterocycles. The first kappa shape index (κ1) is 14.3. The molecule has 1 fully saturated rings. The quantitative estimate of drug-likeness (QED) is 0.793. The molecule has 1 aromatic carbocycles. The van der Waals surface area contributed by atoms with Gasteiger partial charge in [0.25, 0.3) is 0 Å². The largest absolute Gasteiger partial charge is 0.398 e. The Morgan fingerprint density at radius 2 is 2.11 bits per heavy atom. The number of nitrogens with zero attached hydrogens (tertiary/aromatic N) is 1. The highest BCUT2D eigenvalue weighted by Crippen LogP contribution is 2.31. The van der Waals surface area contributed by atoms with Crippen LogP contribution in [0.25, 0.3) is 0 Å². The molecule has 5 nitrogen and oxygen atoms in total. The molecule has 0 atom stereocenters. The lowest BCUT2D eigenvalue weighted by Gasteiger charge is -2.36. The third-order valence-electron chi connectivity index (χ3n) is 3.71. The third kappa shape index (κ3) is 2.61. The molecule has 0 saturated heterocycles. The van der Waals surface area contributed by atoms with E-state index in [4.69, 9.17) is 10.8 Å². The molecule has 0 bridgehead atoms. The van der Waals surface area contributed by atoms with Crippen LogP contribution in [0.4, 0.5) is 5.69 Å². The van der Waals surface area contributed by atoms with E-state index in [2.05, 4.69) is 0 Å². The number of aliphatic hydroxyl groups is 1. The summed E-state index contributed by atoms with van der Waals surface area (Å²) in [6.45, 7) is 1.68. The average molecular weight is 284 g/mol. The standard InChI is InChI=1S/C13H20N2O3S/c1-10-12(14)6-3-7-13(10)19(17,18)15(8-9-16)11-4-2-5-11/h3,6-7,11,16H,2,4-5,8-9,14H2,1H3. The molecule has 1 aromatic rings. The van der Waals surface area contributed by atoms with Gasteiger partial charge < -0.3 is 10.8 Å². The van der Waals surface area contributed by atoms with Crippen molar-refractivity contribution in [3.63, 3.8) is 0 Å². The van der Waals surface area contributed by atoms with Gasteiger partial charge in [0.2, 0.25) is 10.0 Å². The van der Waals surface area contributed by atoms with E-state index in [1.54, 1.807) is 25.1 Å². The van der Waals surface area contributed by atoms with Gasteiger partial charge in [-0.25, -0.2) is 8.42 Å². The van der Waals surface area contributed by atoms with Crippen molar-refractivity contribution < 1.29 is 13.5 Å². The number of anilines is 1. The van der Waals surface area contributed by atoms with Crippen LogP contribution >= 0.6 is 0 Å². The van der Waals surface area contributed by atoms with Crippen molar-refractivity contribution in [1.82, 2.24) is 4.31 Å². The van der Waals surface area contributed by atoms with Crippen molar-refractivity contribution >= 4 is 15.7 Å². The van der Waals surface area contributed by atoms with E-state index in [1.165, 1.54) is 4.31 Å². The summed E-state index contributed by atoms with van der Waals surface area (Å²) in [6.07, 6.45) is 2.76. The van der Waals surface area contributed by atoms with Gasteiger partial charge in [-0.2, -0.15) is 4.31 Å². The number of rotatable bonds is 5. The van der Waals surface area contributed by atoms with Gasteiger partial charge in [-0.15, -0.1) is 0 Å². The molecule has 0 amide bonds. The Morgan fingerprint density at radius 1 is 1.42 bits per heavy atom. The van der Waals surface area contributed by atoms with E-state index in [0.29, 0.717) is 11.3 Å². The highest BCUT2D eigenvalue weighted by Gasteiger charge is 2.35. The van der Waals surface area contributed by atoms with Crippen molar-refractivity contribution in [2.45, 2.75) is 37.1 Å². The van der Waals surface area contributed by atoms with Gasteiger partial charge in [-0.3, -0.25) is 0 Å². The zero-order valence-electron chi connectivity index (χ0n) is 11.0. The molecule has 0 aromatic heterocycles. The fourth-order valence-corrected chi connectivity index (χ4v) is 4.24. The lowest BCUT2D eigenvalue weighted by atomic mass is 9.93. The number of benzene rings is 1. The van der Waals surface area contributed by atoms with Gasteiger partial charge in [-0.05, 0) is 37.5 Å². The number of nitrogens with two attached hydrogens (primary N) is 1. The summed E-state index contributed by atoms with van der Waals surface area (Å²) in [7, 11) is -3.58. The molecule has 0 unspecified atom stereocenters. The fraction of sp³-hybridized carbons (Fsp3) is 0.538. The summed E-state index contributed by atoms with van der Waals surface area (Å²) < 4.78 is 26.8. The van der Waals surface area contributed by atoms with Gasteiger partial charge in [0.1, 0.15) is 0 Å². The summed E-state index contributed by atoms with van der Waals surface area (Å²) in [5.41, 5.74) is 6.83. The van der Waals surface area contributed by atoms with Crippen LogP contribution in [0.3, 0.4) is 0 Å². The smallest absolute Gasteiger partial charge is 0.243 e. The number of aliphatic hydroxyl groups excluding tert-OH is 1. The van der Waals surface area contributed by atoms with Crippen molar-refractivity contribution in [3.05, 3.63) is 23.8 Å². The van der Waals surface area contributed by atoms with E-state index in [0.717, 1.165) is 19.3 Å². The molecule has 106 valence electrons. The first-order chi connectivity index (χ1) is 8.98. The minimum atomic E-state index is -3.58. The minimum Gasteiger partial charge on any atom is -0.398 e. The van der Waals surface area contributed by atoms with Gasteiger partial charge in [-0.1, -0.05) is 12.5 Å². The SMILES string of the molecule is Cc1c(N)cccc1S(=O)(=O)N(CCO)C1CCC1. The van der Waals surface area contributed by atoms with Gasteiger partial charge in [0.15, 0.2) is 0 Å². The first-order valence-electron chi connectivity index (χ1n) is 6.46. The van der Waals surface area contributed by atoms with Gasteiger partial charge in [0, 0.05) is 18.3 Å². The van der Waals surface area contributed by atoms with E-state index in [-0.39, 0.29) is 24.1 Å². The molecule has 1 aliphatic carbocycles. The summed E-state index contributed by atoms with van der Waals surface area (Å²) in [6, 6.07) is 4.92. The van der Waals surface area contributed by atoms with Crippen molar-refractivity contribution in [1.29, 1.82) is 0 Å². The molecule has 0 radical (unpaired) electrons. The molecule has 1 saturated carbocycles. The number of sulfonamides is 1. The molecule has 1 aliphatic rings. The third-order valence-corrected chi connectivity index (χ3v) is 5.81. The van der Waals surface area contributed by atoms with Crippen LogP contribution in [0, 0.1) is 6.92 Å². The topological polar surface area (TPSA) is 83.6 Å². The van der Waals surface area contributed by atoms with Crippen LogP contribution < -0.4 is 5.73 Å². The van der Waals surface area contributed by atoms with Crippen LogP contribution in [-0.2, 0) is 10.0 Å². The van der Waals surface area contributed by atoms with Gasteiger partial charge >= 0.3 is 0 Å². The lowest BCUT2D eigenvalue weighted by molar-refractivity contribution is 0.178. The predicted molar refractivity (Wildman–Crippen MR) is 74.2 cm³/mol. The van der Waals surface area contributed by atoms with Crippen LogP contribution in [0.5, 0.6) is 0 Å². The van der Waals surface area contributed by atoms with Gasteiger partial charge in [0.05, 0.1) is 11.5 Å². The Bertz CT molecular complexity index is 553. The van der Waals surface area contributed by atoms with Crippen molar-refractivity contribution in [2.75, 3.05) is 18.9 Å². The number of hydrogen-bond donors (Lipinski definition) is 2. The van der Waals surface area contributed by atoms with Crippen LogP contribution in [0.1, 0.15) is 24.8 Å². The van der Waals surface area contributed by atoms with E-state index in [1.807, 2.05) is 0 Å². The summed E-state index contributed by atoms with van der Waals surface area (Å²) in [4.78, 5) is 0.243. The maximum atomic E-state index is 12.7. The van der Waals surface area contributed by atoms with E-state index in [9.17, 15) is 8.42 Å². The Morgan fingerprint density at radius 3 is 2.63 bits per heavy atom. The van der Waals surface area contributed by atoms with E-state index >= 15 is 0 Å². The summed E-state index contributed by atoms with van der Waals surface area (Å²) >= 11 is 0. The molecule has 3 N–H and O–H groups in total. The predicted octanol–water partition coefficient (Wildman–Crippen LogP) is 1.11. The van der Waals surface area contributed by atoms with Crippen LogP contribution in [0.2, 0.25) is 0 Å². The highest BCUT2D eigenvalue weighted by atomic mass is 32.2. The second-order valence-corrected chi connectivity index (χ2v) is 6.75. The maximum Gasteiger partial charge on any atom is 0.243 e. The normalized spacial score (nSPS) is 16.6. The molecule has 19 heavy (non-hydrogen) atoms. The number of nitrogen functional groups attached to an aromatic ring is 1. The Hall–Kier alpha value is -1.11. The lowest BCUT2D eigenvalue weighted by Crippen LogP contribution is -2.45. The average Bonchev–Trinajstić information content (AvgIpc) is 2.29. The fourth-order valence-electron chi connectivity index (χ4n) is 2.31. The first-order valence-corrected chi connectivity index (χ1v) is 7.90. The molecule has 2 rings (SSSR count). The zero-order chi connectivity index (χ0) is 14.0. The Balaban J connectivity index is 2.41. The molecular formula is C13H20N2O3S. The molecule has 6 heteroatoms. The second-order valence-electron chi connectivity index (χ2n) is 4.89. The zero-order valence-corrected chi connectivity index (χ0v) is 11.9. The van der Waals surface area contributed by atoms with Crippen molar-refractivity contribution in [2.24, 2.45) is 0 Å². The van der Waals surface area contributed by atoms with E-state index < -0.39 is 10.0 Å². The van der Waals surface area contributed by atoms with Crippen LogP contribution in [-0.4, -0.2) is 37.0 Å². The molecular weight excluding hydrogens is 264 g/mol. The Labute approximate surface area is 114 Å². The number of hydrogen-bond acceptors (Lipinski definition) is 4.